The van der Waals surface area contributed by atoms with Gasteiger partial charge in [0.05, 0.1) is 11.7 Å². The fourth-order valence-corrected chi connectivity index (χ4v) is 2.09. The predicted molar refractivity (Wildman–Crippen MR) is 79.1 cm³/mol. The van der Waals surface area contributed by atoms with Crippen molar-refractivity contribution in [3.8, 4) is 0 Å². The molecule has 0 saturated heterocycles. The zero-order valence-electron chi connectivity index (χ0n) is 11.4. The summed E-state index contributed by atoms with van der Waals surface area (Å²) in [4.78, 5) is 16.5. The number of hydrogen-bond donors (Lipinski definition) is 1. The number of benzene rings is 1. The van der Waals surface area contributed by atoms with Gasteiger partial charge in [-0.2, -0.15) is 0 Å². The quantitative estimate of drug-likeness (QED) is 0.773. The molecule has 0 unspecified atom stereocenters. The Morgan fingerprint density at radius 3 is 2.80 bits per heavy atom. The molecule has 100 valence electrons. The summed E-state index contributed by atoms with van der Waals surface area (Å²) in [6, 6.07) is 11.5. The largest absolute Gasteiger partial charge is 0.292 e. The molecule has 0 aliphatic rings. The lowest BCUT2D eigenvalue weighted by molar-refractivity contribution is 0.102. The molecule has 1 amide bonds. The van der Waals surface area contributed by atoms with Crippen molar-refractivity contribution >= 4 is 17.4 Å². The molecule has 0 radical (unpaired) electrons. The second-order valence-corrected chi connectivity index (χ2v) is 4.83. The number of pyridine rings is 1. The fraction of sp³-hybridized carbons (Fsp3) is 0.125. The van der Waals surface area contributed by atoms with Crippen LogP contribution >= 0.6 is 0 Å². The van der Waals surface area contributed by atoms with Crippen LogP contribution in [0, 0.1) is 13.8 Å². The van der Waals surface area contributed by atoms with E-state index in [-0.39, 0.29) is 5.91 Å². The van der Waals surface area contributed by atoms with Gasteiger partial charge in [0, 0.05) is 11.8 Å². The molecule has 2 aromatic heterocycles. The Morgan fingerprint density at radius 2 is 2.00 bits per heavy atom. The summed E-state index contributed by atoms with van der Waals surface area (Å²) in [7, 11) is 0. The Balaban J connectivity index is 1.90. The van der Waals surface area contributed by atoms with Gasteiger partial charge < -0.3 is 0 Å². The van der Waals surface area contributed by atoms with Crippen molar-refractivity contribution in [2.24, 2.45) is 0 Å². The minimum atomic E-state index is -0.149. The number of hydrogen-bond acceptors (Lipinski definition) is 2. The van der Waals surface area contributed by atoms with Gasteiger partial charge in [-0.15, -0.1) is 0 Å². The number of carbonyl (C=O) groups is 1. The molecule has 20 heavy (non-hydrogen) atoms. The molecule has 0 aliphatic carbocycles. The second-order valence-electron chi connectivity index (χ2n) is 4.83. The highest BCUT2D eigenvalue weighted by molar-refractivity contribution is 6.03. The number of carbonyl (C=O) groups excluding carboxylic acids is 1. The van der Waals surface area contributed by atoms with Crippen LogP contribution in [-0.4, -0.2) is 15.3 Å². The molecule has 4 heteroatoms. The highest BCUT2D eigenvalue weighted by Gasteiger charge is 2.10. The van der Waals surface area contributed by atoms with E-state index in [1.165, 1.54) is 5.56 Å². The first-order valence-electron chi connectivity index (χ1n) is 6.46. The lowest BCUT2D eigenvalue weighted by Gasteiger charge is -2.06. The molecule has 1 aromatic carbocycles. The van der Waals surface area contributed by atoms with Crippen molar-refractivity contribution in [3.63, 3.8) is 0 Å². The Kier molecular flexibility index (Phi) is 2.99. The zero-order chi connectivity index (χ0) is 14.1. The molecule has 0 spiro atoms. The first-order chi connectivity index (χ1) is 9.65. The summed E-state index contributed by atoms with van der Waals surface area (Å²) in [6.45, 7) is 4.02. The maximum absolute atomic E-state index is 12.3. The van der Waals surface area contributed by atoms with Gasteiger partial charge in [0.25, 0.3) is 5.91 Å². The van der Waals surface area contributed by atoms with E-state index < -0.39 is 0 Å². The maximum Gasteiger partial charge on any atom is 0.257 e. The van der Waals surface area contributed by atoms with E-state index in [2.05, 4.69) is 10.3 Å². The van der Waals surface area contributed by atoms with Crippen LogP contribution in [0.4, 0.5) is 5.95 Å². The van der Waals surface area contributed by atoms with Crippen LogP contribution < -0.4 is 5.32 Å². The van der Waals surface area contributed by atoms with Crippen molar-refractivity contribution in [2.45, 2.75) is 13.8 Å². The van der Waals surface area contributed by atoms with Gasteiger partial charge in [-0.25, -0.2) is 4.98 Å². The third kappa shape index (κ3) is 2.16. The Hall–Kier alpha value is -2.62. The minimum Gasteiger partial charge on any atom is -0.292 e. The van der Waals surface area contributed by atoms with Crippen LogP contribution in [0.15, 0.2) is 48.8 Å². The Bertz CT molecular complexity index is 789. The van der Waals surface area contributed by atoms with Gasteiger partial charge in [0.1, 0.15) is 0 Å². The molecule has 0 saturated carbocycles. The molecule has 0 bridgehead atoms. The molecule has 1 N–H and O–H groups in total. The summed E-state index contributed by atoms with van der Waals surface area (Å²) < 4.78 is 1.85. The molecule has 3 rings (SSSR count). The van der Waals surface area contributed by atoms with Gasteiger partial charge in [-0.1, -0.05) is 12.1 Å². The number of nitrogens with zero attached hydrogens (tertiary/aromatic N) is 2. The second kappa shape index (κ2) is 4.81. The molecule has 0 fully saturated rings. The molecular weight excluding hydrogens is 250 g/mol. The van der Waals surface area contributed by atoms with Crippen LogP contribution in [0.1, 0.15) is 21.5 Å². The number of aryl methyl sites for hydroxylation is 2. The predicted octanol–water partition coefficient (Wildman–Crippen LogP) is 3.20. The van der Waals surface area contributed by atoms with Gasteiger partial charge >= 0.3 is 0 Å². The number of imidazole rings is 1. The maximum atomic E-state index is 12.3. The van der Waals surface area contributed by atoms with E-state index in [0.717, 1.165) is 11.1 Å². The first-order valence-corrected chi connectivity index (χ1v) is 6.46. The lowest BCUT2D eigenvalue weighted by Crippen LogP contribution is -2.14. The third-order valence-electron chi connectivity index (χ3n) is 3.43. The SMILES string of the molecule is Cc1ccc(C(=O)Nc2ncc3ccccn23)cc1C. The van der Waals surface area contributed by atoms with Gasteiger partial charge in [0.15, 0.2) is 0 Å². The Labute approximate surface area is 117 Å². The number of aromatic nitrogens is 2. The summed E-state index contributed by atoms with van der Waals surface area (Å²) in [6.07, 6.45) is 3.61. The van der Waals surface area contributed by atoms with Crippen molar-refractivity contribution in [2.75, 3.05) is 5.32 Å². The topological polar surface area (TPSA) is 46.4 Å². The summed E-state index contributed by atoms with van der Waals surface area (Å²) in [5.74, 6) is 0.383. The average molecular weight is 265 g/mol. The van der Waals surface area contributed by atoms with E-state index in [1.807, 2.05) is 60.8 Å². The monoisotopic (exact) mass is 265 g/mol. The van der Waals surface area contributed by atoms with E-state index >= 15 is 0 Å². The van der Waals surface area contributed by atoms with Crippen molar-refractivity contribution in [3.05, 3.63) is 65.5 Å². The number of rotatable bonds is 2. The molecule has 4 nitrogen and oxygen atoms in total. The van der Waals surface area contributed by atoms with E-state index in [1.54, 1.807) is 6.20 Å². The fourth-order valence-electron chi connectivity index (χ4n) is 2.09. The molecule has 0 aliphatic heterocycles. The lowest BCUT2D eigenvalue weighted by atomic mass is 10.1. The highest BCUT2D eigenvalue weighted by atomic mass is 16.1. The first kappa shape index (κ1) is 12.4. The van der Waals surface area contributed by atoms with E-state index in [9.17, 15) is 4.79 Å². The number of fused-ring (bicyclic) bond motifs is 1. The normalized spacial score (nSPS) is 10.7. The summed E-state index contributed by atoms with van der Waals surface area (Å²) in [5.41, 5.74) is 3.86. The van der Waals surface area contributed by atoms with Crippen molar-refractivity contribution in [1.82, 2.24) is 9.38 Å². The Morgan fingerprint density at radius 1 is 1.15 bits per heavy atom. The minimum absolute atomic E-state index is 0.149. The van der Waals surface area contributed by atoms with Crippen molar-refractivity contribution < 1.29 is 4.79 Å². The van der Waals surface area contributed by atoms with Gasteiger partial charge in [0.2, 0.25) is 5.95 Å². The smallest absolute Gasteiger partial charge is 0.257 e. The van der Waals surface area contributed by atoms with E-state index in [0.29, 0.717) is 11.5 Å². The van der Waals surface area contributed by atoms with E-state index in [4.69, 9.17) is 0 Å². The summed E-state index contributed by atoms with van der Waals surface area (Å²) in [5, 5.41) is 2.84. The molecule has 3 aromatic rings. The standard InChI is InChI=1S/C16H15N3O/c1-11-6-7-13(9-12(11)2)15(20)18-16-17-10-14-5-3-4-8-19(14)16/h3-10H,1-2H3,(H,17,18,20). The highest BCUT2D eigenvalue weighted by Crippen LogP contribution is 2.14. The number of nitrogens with one attached hydrogen (secondary N) is 1. The zero-order valence-corrected chi connectivity index (χ0v) is 11.4. The van der Waals surface area contributed by atoms with Crippen LogP contribution in [0.3, 0.4) is 0 Å². The molecular formula is C16H15N3O. The molecule has 0 atom stereocenters. The average Bonchev–Trinajstić information content (AvgIpc) is 2.85. The van der Waals surface area contributed by atoms with Crippen LogP contribution in [0.25, 0.3) is 5.52 Å². The van der Waals surface area contributed by atoms with Crippen LogP contribution in [-0.2, 0) is 0 Å². The van der Waals surface area contributed by atoms with Gasteiger partial charge in [-0.05, 0) is 49.2 Å². The summed E-state index contributed by atoms with van der Waals surface area (Å²) >= 11 is 0. The van der Waals surface area contributed by atoms with Gasteiger partial charge in [-0.3, -0.25) is 14.5 Å². The third-order valence-corrected chi connectivity index (χ3v) is 3.43. The van der Waals surface area contributed by atoms with Crippen molar-refractivity contribution in [1.29, 1.82) is 0 Å². The molecule has 2 heterocycles. The van der Waals surface area contributed by atoms with Crippen LogP contribution in [0.2, 0.25) is 0 Å². The van der Waals surface area contributed by atoms with Crippen LogP contribution in [0.5, 0.6) is 0 Å². The number of anilines is 1. The number of amides is 1.